The number of aliphatic hydroxyl groups excluding tert-OH is 1. The zero-order valence-electron chi connectivity index (χ0n) is 32.4. The molecule has 0 atom stereocenters. The van der Waals surface area contributed by atoms with Crippen LogP contribution in [0.5, 0.6) is 23.1 Å². The minimum atomic E-state index is -0.405. The maximum atomic E-state index is 13.5. The molecule has 13 nitrogen and oxygen atoms in total. The summed E-state index contributed by atoms with van der Waals surface area (Å²) in [5.41, 5.74) is 4.12. The Morgan fingerprint density at radius 3 is 2.30 bits per heavy atom. The van der Waals surface area contributed by atoms with Crippen molar-refractivity contribution in [2.24, 2.45) is 0 Å². The fourth-order valence-electron chi connectivity index (χ4n) is 5.82. The molecule has 56 heavy (non-hydrogen) atoms. The van der Waals surface area contributed by atoms with Crippen molar-refractivity contribution >= 4 is 28.3 Å². The van der Waals surface area contributed by atoms with Gasteiger partial charge in [0.25, 0.3) is 0 Å². The quantitative estimate of drug-likeness (QED) is 0.0784. The van der Waals surface area contributed by atoms with E-state index >= 15 is 0 Å². The standard InChI is InChI=1S/C43H48N6O7/c1-29-10-12-31(13-11-29)49-40(28-38(48-49)43(2,3)4)47-42(51)45-36-14-15-37(35-9-7-6-8-34(35)36)56-41-16-17-44-39(46-41)26-30-24-32(52-5)27-33(25-30)55-23-22-54-21-20-53-19-18-50/h6-17,24-25,27-28,50H,18-23,26H2,1-5H3,(H2,45,47,51). The van der Waals surface area contributed by atoms with E-state index in [0.717, 1.165) is 33.3 Å². The highest BCUT2D eigenvalue weighted by Gasteiger charge is 2.22. The van der Waals surface area contributed by atoms with Crippen LogP contribution in [0.1, 0.15) is 43.4 Å². The van der Waals surface area contributed by atoms with Crippen molar-refractivity contribution in [3.05, 3.63) is 120 Å². The minimum Gasteiger partial charge on any atom is -0.497 e. The van der Waals surface area contributed by atoms with Crippen LogP contribution in [0.4, 0.5) is 16.3 Å². The van der Waals surface area contributed by atoms with Crippen LogP contribution in [0.25, 0.3) is 16.5 Å². The smallest absolute Gasteiger partial charge is 0.324 e. The summed E-state index contributed by atoms with van der Waals surface area (Å²) in [5, 5.41) is 21.2. The van der Waals surface area contributed by atoms with Gasteiger partial charge in [-0.15, -0.1) is 0 Å². The Balaban J connectivity index is 1.13. The van der Waals surface area contributed by atoms with Gasteiger partial charge in [-0.2, -0.15) is 10.1 Å². The van der Waals surface area contributed by atoms with Crippen LogP contribution >= 0.6 is 0 Å². The number of nitrogens with zero attached hydrogens (tertiary/aromatic N) is 4. The van der Waals surface area contributed by atoms with E-state index in [9.17, 15) is 4.79 Å². The molecule has 2 amide bonds. The Morgan fingerprint density at radius 2 is 1.55 bits per heavy atom. The number of fused-ring (bicyclic) bond motifs is 1. The van der Waals surface area contributed by atoms with E-state index < -0.39 is 6.03 Å². The van der Waals surface area contributed by atoms with Gasteiger partial charge in [-0.25, -0.2) is 14.5 Å². The van der Waals surface area contributed by atoms with E-state index in [1.165, 1.54) is 0 Å². The summed E-state index contributed by atoms with van der Waals surface area (Å²) in [6, 6.07) is 28.2. The van der Waals surface area contributed by atoms with E-state index in [-0.39, 0.29) is 12.0 Å². The third kappa shape index (κ3) is 10.6. The molecule has 0 saturated heterocycles. The predicted octanol–water partition coefficient (Wildman–Crippen LogP) is 7.86. The summed E-state index contributed by atoms with van der Waals surface area (Å²) in [7, 11) is 1.60. The van der Waals surface area contributed by atoms with Crippen molar-refractivity contribution in [3.8, 4) is 28.8 Å². The number of amides is 2. The van der Waals surface area contributed by atoms with Crippen molar-refractivity contribution in [3.63, 3.8) is 0 Å². The summed E-state index contributed by atoms with van der Waals surface area (Å²) in [5.74, 6) is 3.32. The number of carbonyl (C=O) groups is 1. The van der Waals surface area contributed by atoms with Crippen LogP contribution in [0.3, 0.4) is 0 Å². The second-order valence-electron chi connectivity index (χ2n) is 14.1. The summed E-state index contributed by atoms with van der Waals surface area (Å²) in [6.07, 6.45) is 2.06. The fourth-order valence-corrected chi connectivity index (χ4v) is 5.82. The monoisotopic (exact) mass is 760 g/mol. The van der Waals surface area contributed by atoms with Gasteiger partial charge in [0.05, 0.1) is 57.2 Å². The van der Waals surface area contributed by atoms with Gasteiger partial charge in [0.1, 0.15) is 35.5 Å². The van der Waals surface area contributed by atoms with Crippen LogP contribution in [0, 0.1) is 6.92 Å². The normalized spacial score (nSPS) is 11.4. The number of rotatable bonds is 17. The molecule has 0 aliphatic carbocycles. The lowest BCUT2D eigenvalue weighted by Gasteiger charge is -2.14. The largest absolute Gasteiger partial charge is 0.497 e. The minimum absolute atomic E-state index is 0.0140. The van der Waals surface area contributed by atoms with Gasteiger partial charge in [-0.3, -0.25) is 5.32 Å². The first kappa shape index (κ1) is 39.7. The summed E-state index contributed by atoms with van der Waals surface area (Å²) >= 11 is 0. The number of hydrogen-bond donors (Lipinski definition) is 3. The van der Waals surface area contributed by atoms with Crippen molar-refractivity contribution in [1.82, 2.24) is 19.7 Å². The van der Waals surface area contributed by atoms with Crippen LogP contribution < -0.4 is 24.8 Å². The van der Waals surface area contributed by atoms with Gasteiger partial charge >= 0.3 is 6.03 Å². The Labute approximate surface area is 326 Å². The molecule has 292 valence electrons. The summed E-state index contributed by atoms with van der Waals surface area (Å²) < 4.78 is 30.2. The molecule has 0 aliphatic heterocycles. The first-order valence-corrected chi connectivity index (χ1v) is 18.4. The van der Waals surface area contributed by atoms with Crippen LogP contribution in [0.2, 0.25) is 0 Å². The number of ether oxygens (including phenoxy) is 5. The average Bonchev–Trinajstić information content (AvgIpc) is 3.61. The Hall–Kier alpha value is -6.02. The highest BCUT2D eigenvalue weighted by Crippen LogP contribution is 2.35. The van der Waals surface area contributed by atoms with Gasteiger partial charge in [0.15, 0.2) is 0 Å². The maximum Gasteiger partial charge on any atom is 0.324 e. The third-order valence-corrected chi connectivity index (χ3v) is 8.67. The molecule has 0 unspecified atom stereocenters. The van der Waals surface area contributed by atoms with E-state index in [1.54, 1.807) is 24.1 Å². The number of aromatic nitrogens is 4. The lowest BCUT2D eigenvalue weighted by atomic mass is 9.92. The van der Waals surface area contributed by atoms with Gasteiger partial charge in [0, 0.05) is 47.0 Å². The molecular formula is C43H48N6O7. The van der Waals surface area contributed by atoms with Crippen molar-refractivity contribution < 1.29 is 33.6 Å². The number of urea groups is 1. The zero-order valence-corrected chi connectivity index (χ0v) is 32.4. The molecule has 0 saturated carbocycles. The lowest BCUT2D eigenvalue weighted by molar-refractivity contribution is 0.0247. The number of carbonyl (C=O) groups excluding carboxylic acids is 1. The number of hydrogen-bond acceptors (Lipinski definition) is 10. The fraction of sp³-hybridized carbons (Fsp3) is 0.302. The van der Waals surface area contributed by atoms with Gasteiger partial charge < -0.3 is 34.1 Å². The molecular weight excluding hydrogens is 713 g/mol. The molecule has 13 heteroatoms. The molecule has 0 bridgehead atoms. The molecule has 2 heterocycles. The Bertz CT molecular complexity index is 2230. The molecule has 6 aromatic rings. The number of aliphatic hydroxyl groups is 1. The second-order valence-corrected chi connectivity index (χ2v) is 14.1. The summed E-state index contributed by atoms with van der Waals surface area (Å²) in [6.45, 7) is 10.1. The lowest BCUT2D eigenvalue weighted by Crippen LogP contribution is -2.21. The Morgan fingerprint density at radius 1 is 0.821 bits per heavy atom. The van der Waals surface area contributed by atoms with Gasteiger partial charge in [-0.05, 0) is 48.9 Å². The first-order valence-electron chi connectivity index (χ1n) is 18.4. The first-order chi connectivity index (χ1) is 27.1. The predicted molar refractivity (Wildman–Crippen MR) is 216 cm³/mol. The van der Waals surface area contributed by atoms with Gasteiger partial charge in [0.2, 0.25) is 5.88 Å². The van der Waals surface area contributed by atoms with E-state index in [4.69, 9.17) is 38.9 Å². The zero-order chi connectivity index (χ0) is 39.5. The van der Waals surface area contributed by atoms with Crippen LogP contribution in [-0.2, 0) is 21.3 Å². The van der Waals surface area contributed by atoms with Gasteiger partial charge in [-0.1, -0.05) is 62.7 Å². The average molecular weight is 761 g/mol. The summed E-state index contributed by atoms with van der Waals surface area (Å²) in [4.78, 5) is 22.7. The van der Waals surface area contributed by atoms with Crippen molar-refractivity contribution in [2.45, 2.75) is 39.5 Å². The topological polar surface area (TPSA) is 151 Å². The third-order valence-electron chi connectivity index (χ3n) is 8.67. The molecule has 4 aromatic carbocycles. The molecule has 3 N–H and O–H groups in total. The maximum absolute atomic E-state index is 13.5. The van der Waals surface area contributed by atoms with Crippen molar-refractivity contribution in [2.75, 3.05) is 57.4 Å². The molecule has 0 spiro atoms. The highest BCUT2D eigenvalue weighted by atomic mass is 16.5. The highest BCUT2D eigenvalue weighted by molar-refractivity contribution is 6.07. The molecule has 0 aliphatic rings. The number of anilines is 2. The van der Waals surface area contributed by atoms with Crippen LogP contribution in [-0.4, -0.2) is 77.6 Å². The van der Waals surface area contributed by atoms with Crippen LogP contribution in [0.15, 0.2) is 97.2 Å². The van der Waals surface area contributed by atoms with E-state index in [1.807, 2.05) is 91.9 Å². The van der Waals surface area contributed by atoms with E-state index in [2.05, 4.69) is 36.4 Å². The number of aryl methyl sites for hydroxylation is 1. The number of nitrogens with one attached hydrogen (secondary N) is 2. The molecule has 6 rings (SSSR count). The Kier molecular flexibility index (Phi) is 13.1. The van der Waals surface area contributed by atoms with Crippen molar-refractivity contribution in [1.29, 1.82) is 0 Å². The molecule has 2 aromatic heterocycles. The number of benzene rings is 4. The van der Waals surface area contributed by atoms with E-state index in [0.29, 0.717) is 79.9 Å². The second kappa shape index (κ2) is 18.5. The number of methoxy groups -OCH3 is 1. The SMILES string of the molecule is COc1cc(Cc2nccc(Oc3ccc(NC(=O)Nc4cc(C(C)(C)C)nn4-c4ccc(C)cc4)c4ccccc34)n2)cc(OCCOCCOCCO)c1. The molecule has 0 fully saturated rings. The molecule has 0 radical (unpaired) electrons.